The second kappa shape index (κ2) is 17.8. The summed E-state index contributed by atoms with van der Waals surface area (Å²) in [5.74, 6) is -5.73. The number of anilines is 1. The fraction of sp³-hybridized carbons (Fsp3) is 0.256. The average molecular weight is 756 g/mol. The number of imide groups is 1. The lowest BCUT2D eigenvalue weighted by Gasteiger charge is -2.29. The zero-order valence-electron chi connectivity index (χ0n) is 30.6. The number of amides is 2. The van der Waals surface area contributed by atoms with Gasteiger partial charge in [0.1, 0.15) is 23.0 Å². The monoisotopic (exact) mass is 755 g/mol. The number of methoxy groups -OCH3 is 2. The van der Waals surface area contributed by atoms with Crippen LogP contribution in [0.1, 0.15) is 49.3 Å². The van der Waals surface area contributed by atoms with Crippen molar-refractivity contribution in [3.63, 3.8) is 0 Å². The van der Waals surface area contributed by atoms with Gasteiger partial charge in [-0.05, 0) is 108 Å². The van der Waals surface area contributed by atoms with Crippen LogP contribution in [0.3, 0.4) is 0 Å². The summed E-state index contributed by atoms with van der Waals surface area (Å²) in [6, 6.07) is 25.7. The minimum atomic E-state index is -4.54. The van der Waals surface area contributed by atoms with Crippen LogP contribution in [-0.2, 0) is 19.2 Å². The van der Waals surface area contributed by atoms with Crippen LogP contribution in [-0.4, -0.2) is 44.1 Å². The van der Waals surface area contributed by atoms with Crippen LogP contribution in [0.25, 0.3) is 12.2 Å². The Balaban J connectivity index is 1.31. The summed E-state index contributed by atoms with van der Waals surface area (Å²) < 4.78 is 63.5. The normalized spacial score (nSPS) is 17.0. The number of carbonyl (C=O) groups excluding carboxylic acids is 4. The minimum absolute atomic E-state index is 0.148. The highest BCUT2D eigenvalue weighted by Crippen LogP contribution is 2.46. The molecule has 0 bridgehead atoms. The number of halogens is 3. The number of rotatable bonds is 14. The number of esters is 2. The number of hydrogen-bond acceptors (Lipinski definition) is 8. The van der Waals surface area contributed by atoms with Gasteiger partial charge < -0.3 is 18.9 Å². The summed E-state index contributed by atoms with van der Waals surface area (Å²) in [6.07, 6.45) is 0.420. The molecule has 4 unspecified atom stereocenters. The first-order valence-electron chi connectivity index (χ1n) is 17.5. The molecule has 5 rings (SSSR count). The molecule has 0 saturated carbocycles. The number of nitrogens with zero attached hydrogens (tertiary/aromatic N) is 1. The maximum absolute atomic E-state index is 14.2. The van der Waals surface area contributed by atoms with Crippen molar-refractivity contribution in [2.24, 2.45) is 17.8 Å². The predicted octanol–water partition coefficient (Wildman–Crippen LogP) is 8.83. The van der Waals surface area contributed by atoms with Gasteiger partial charge in [-0.2, -0.15) is 13.2 Å². The van der Waals surface area contributed by atoms with Crippen molar-refractivity contribution in [2.45, 2.75) is 38.8 Å². The van der Waals surface area contributed by atoms with E-state index in [2.05, 4.69) is 0 Å². The van der Waals surface area contributed by atoms with E-state index in [4.69, 9.17) is 18.9 Å². The molecule has 4 aromatic carbocycles. The summed E-state index contributed by atoms with van der Waals surface area (Å²) in [5, 5.41) is 0. The number of benzene rings is 4. The highest BCUT2D eigenvalue weighted by Gasteiger charge is 2.51. The van der Waals surface area contributed by atoms with Crippen LogP contribution >= 0.6 is 0 Å². The van der Waals surface area contributed by atoms with Crippen molar-refractivity contribution >= 4 is 41.6 Å². The van der Waals surface area contributed by atoms with Gasteiger partial charge in [0.25, 0.3) is 0 Å². The molecule has 1 heterocycles. The van der Waals surface area contributed by atoms with Crippen LogP contribution in [0.15, 0.2) is 109 Å². The van der Waals surface area contributed by atoms with E-state index in [0.29, 0.717) is 17.1 Å². The Kier molecular flexibility index (Phi) is 12.9. The lowest BCUT2D eigenvalue weighted by Crippen LogP contribution is -2.33. The molecule has 0 radical (unpaired) electrons. The summed E-state index contributed by atoms with van der Waals surface area (Å²) in [6.45, 7) is 2.96. The third kappa shape index (κ3) is 10.1. The quantitative estimate of drug-likeness (QED) is 0.0544. The van der Waals surface area contributed by atoms with Crippen LogP contribution < -0.4 is 23.8 Å². The van der Waals surface area contributed by atoms with E-state index in [-0.39, 0.29) is 23.6 Å². The molecule has 4 aromatic rings. The third-order valence-electron chi connectivity index (χ3n) is 9.48. The molecule has 0 aliphatic carbocycles. The average Bonchev–Trinajstić information content (AvgIpc) is 3.40. The molecule has 4 atom stereocenters. The molecule has 9 nitrogen and oxygen atoms in total. The van der Waals surface area contributed by atoms with E-state index in [1.165, 1.54) is 74.5 Å². The summed E-state index contributed by atoms with van der Waals surface area (Å²) >= 11 is 0. The number of hydrogen-bond donors (Lipinski definition) is 0. The number of carbonyl (C=O) groups is 4. The molecule has 1 aliphatic heterocycles. The van der Waals surface area contributed by atoms with Gasteiger partial charge >= 0.3 is 18.1 Å². The molecule has 286 valence electrons. The molecular weight excluding hydrogens is 715 g/mol. The van der Waals surface area contributed by atoms with E-state index in [1.54, 1.807) is 74.9 Å². The van der Waals surface area contributed by atoms with Crippen LogP contribution in [0, 0.1) is 17.8 Å². The first-order valence-corrected chi connectivity index (χ1v) is 17.5. The van der Waals surface area contributed by atoms with E-state index >= 15 is 0 Å². The Morgan fingerprint density at radius 3 is 1.55 bits per heavy atom. The second-order valence-corrected chi connectivity index (χ2v) is 12.9. The SMILES string of the molecule is CCC(CC(c1ccc(OC(=O)/C=C/c2ccc(OC)cc2)cc1)C1C(=O)N(c2ccc(OC(=O)/C=C/c3ccc(OC)cc3)cc2)C(=O)C1C)C(F)(F)F. The van der Waals surface area contributed by atoms with E-state index < -0.39 is 60.0 Å². The molecule has 1 saturated heterocycles. The van der Waals surface area contributed by atoms with Crippen molar-refractivity contribution < 1.29 is 51.3 Å². The zero-order chi connectivity index (χ0) is 39.7. The van der Waals surface area contributed by atoms with Crippen molar-refractivity contribution in [2.75, 3.05) is 19.1 Å². The fourth-order valence-corrected chi connectivity index (χ4v) is 6.44. The van der Waals surface area contributed by atoms with Crippen molar-refractivity contribution in [3.05, 3.63) is 126 Å². The molecule has 12 heteroatoms. The molecular formula is C43H40F3NO8. The Hall–Kier alpha value is -6.17. The maximum Gasteiger partial charge on any atom is 0.391 e. The van der Waals surface area contributed by atoms with Crippen LogP contribution in [0.2, 0.25) is 0 Å². The van der Waals surface area contributed by atoms with Crippen LogP contribution in [0.4, 0.5) is 18.9 Å². The van der Waals surface area contributed by atoms with Crippen molar-refractivity contribution in [1.29, 1.82) is 0 Å². The van der Waals surface area contributed by atoms with E-state index in [9.17, 15) is 32.3 Å². The minimum Gasteiger partial charge on any atom is -0.497 e. The van der Waals surface area contributed by atoms with Crippen LogP contribution in [0.5, 0.6) is 23.0 Å². The van der Waals surface area contributed by atoms with Gasteiger partial charge in [-0.15, -0.1) is 0 Å². The summed E-state index contributed by atoms with van der Waals surface area (Å²) in [5.41, 5.74) is 2.05. The van der Waals surface area contributed by atoms with Crippen molar-refractivity contribution in [3.8, 4) is 23.0 Å². The molecule has 0 aromatic heterocycles. The highest BCUT2D eigenvalue weighted by atomic mass is 19.4. The van der Waals surface area contributed by atoms with E-state index in [1.807, 2.05) is 0 Å². The smallest absolute Gasteiger partial charge is 0.391 e. The molecule has 0 N–H and O–H groups in total. The van der Waals surface area contributed by atoms with Gasteiger partial charge in [-0.1, -0.05) is 50.2 Å². The second-order valence-electron chi connectivity index (χ2n) is 12.9. The Bertz CT molecular complexity index is 2020. The third-order valence-corrected chi connectivity index (χ3v) is 9.48. The van der Waals surface area contributed by atoms with Gasteiger partial charge in [0, 0.05) is 18.1 Å². The Morgan fingerprint density at radius 1 is 0.691 bits per heavy atom. The summed E-state index contributed by atoms with van der Waals surface area (Å²) in [4.78, 5) is 53.6. The largest absolute Gasteiger partial charge is 0.497 e. The highest BCUT2D eigenvalue weighted by molar-refractivity contribution is 6.22. The van der Waals surface area contributed by atoms with Gasteiger partial charge in [0.2, 0.25) is 11.8 Å². The standard InChI is InChI=1S/C43H40F3NO8/c1-5-31(43(44,45)46)26-37(30-12-20-35(21-13-30)54-38(48)24-10-28-6-16-33(52-3)17-7-28)40-27(2)41(50)47(42(40)51)32-14-22-36(23-15-32)55-39(49)25-11-29-8-18-34(53-4)19-9-29/h6-25,27,31,37,40H,5,26H2,1-4H3/b24-10+,25-11+. The lowest BCUT2D eigenvalue weighted by molar-refractivity contribution is -0.179. The van der Waals surface area contributed by atoms with Gasteiger partial charge in [0.05, 0.1) is 31.7 Å². The van der Waals surface area contributed by atoms with Gasteiger partial charge in [-0.25, -0.2) is 9.59 Å². The number of alkyl halides is 3. The Labute approximate surface area is 317 Å². The topological polar surface area (TPSA) is 108 Å². The number of ether oxygens (including phenoxy) is 4. The molecule has 0 spiro atoms. The maximum atomic E-state index is 14.2. The lowest BCUT2D eigenvalue weighted by atomic mass is 9.74. The first-order chi connectivity index (χ1) is 26.3. The van der Waals surface area contributed by atoms with Gasteiger partial charge in [-0.3, -0.25) is 14.5 Å². The van der Waals surface area contributed by atoms with Gasteiger partial charge in [0.15, 0.2) is 0 Å². The molecule has 1 fully saturated rings. The Morgan fingerprint density at radius 2 is 1.13 bits per heavy atom. The summed E-state index contributed by atoms with van der Waals surface area (Å²) in [7, 11) is 3.09. The zero-order valence-corrected chi connectivity index (χ0v) is 30.6. The van der Waals surface area contributed by atoms with E-state index in [0.717, 1.165) is 16.0 Å². The fourth-order valence-electron chi connectivity index (χ4n) is 6.44. The molecule has 1 aliphatic rings. The van der Waals surface area contributed by atoms with Crippen molar-refractivity contribution in [1.82, 2.24) is 0 Å². The first kappa shape index (κ1) is 40.0. The molecule has 55 heavy (non-hydrogen) atoms. The molecule has 2 amide bonds. The predicted molar refractivity (Wildman–Crippen MR) is 201 cm³/mol.